The van der Waals surface area contributed by atoms with Gasteiger partial charge in [0.25, 0.3) is 0 Å². The predicted molar refractivity (Wildman–Crippen MR) is 177 cm³/mol. The molecule has 1 fully saturated rings. The molecule has 0 aromatic carbocycles. The Hall–Kier alpha value is -4.79. The lowest BCUT2D eigenvalue weighted by atomic mass is 9.84. The number of fused-ring (bicyclic) bond motifs is 5. The van der Waals surface area contributed by atoms with Gasteiger partial charge in [-0.2, -0.15) is 0 Å². The standard InChI is InChI=1S/C36H40N4O5/c1-9-22-18(3)27-14-29-20(5)24(11-12-33(42)44-7)35(39-29)25(13-34(43)45-8)36-26(17-41)21(6)30(40-36)16-32-23(10-2)19(4)28(38-32)15-31(22)37-27/h9,14-17,20,24,39,41H,1,10-13H2,2-8H3/b26-17+,29-14?,31-15?,32-16?,35-25?. The number of esters is 2. The van der Waals surface area contributed by atoms with Crippen LogP contribution in [0.25, 0.3) is 0 Å². The highest BCUT2D eigenvalue weighted by molar-refractivity contribution is 6.20. The minimum atomic E-state index is -0.448. The van der Waals surface area contributed by atoms with Crippen LogP contribution in [-0.2, 0) is 19.1 Å². The lowest BCUT2D eigenvalue weighted by Gasteiger charge is -2.19. The van der Waals surface area contributed by atoms with E-state index in [1.54, 1.807) is 0 Å². The molecule has 9 heteroatoms. The first-order valence-electron chi connectivity index (χ1n) is 15.2. The van der Waals surface area contributed by atoms with Gasteiger partial charge in [-0.1, -0.05) is 26.5 Å². The summed E-state index contributed by atoms with van der Waals surface area (Å²) in [6.45, 7) is 14.2. The Morgan fingerprint density at radius 2 is 1.64 bits per heavy atom. The molecule has 45 heavy (non-hydrogen) atoms. The Balaban J connectivity index is 1.83. The van der Waals surface area contributed by atoms with Crippen LogP contribution < -0.4 is 5.32 Å². The summed E-state index contributed by atoms with van der Waals surface area (Å²) in [5.41, 5.74) is 11.9. The van der Waals surface area contributed by atoms with Gasteiger partial charge >= 0.3 is 11.9 Å². The fourth-order valence-electron chi connectivity index (χ4n) is 6.55. The maximum atomic E-state index is 12.9. The van der Waals surface area contributed by atoms with Crippen LogP contribution >= 0.6 is 0 Å². The van der Waals surface area contributed by atoms with Crippen molar-refractivity contribution in [3.63, 3.8) is 0 Å². The highest BCUT2D eigenvalue weighted by atomic mass is 16.5. The minimum absolute atomic E-state index is 0.0689. The number of aliphatic imine (C=N–C) groups is 3. The van der Waals surface area contributed by atoms with Crippen LogP contribution in [0.5, 0.6) is 0 Å². The lowest BCUT2D eigenvalue weighted by molar-refractivity contribution is -0.141. The Kier molecular flexibility index (Phi) is 8.91. The molecule has 0 aliphatic carbocycles. The van der Waals surface area contributed by atoms with Crippen molar-refractivity contribution in [2.75, 3.05) is 14.2 Å². The third-order valence-electron chi connectivity index (χ3n) is 9.28. The van der Waals surface area contributed by atoms with Crippen LogP contribution in [0.4, 0.5) is 0 Å². The van der Waals surface area contributed by atoms with Gasteiger partial charge in [-0.15, -0.1) is 0 Å². The molecule has 0 aromatic rings. The average Bonchev–Trinajstić information content (AvgIpc) is 3.71. The largest absolute Gasteiger partial charge is 0.515 e. The number of hydrogen-bond donors (Lipinski definition) is 2. The Morgan fingerprint density at radius 1 is 0.956 bits per heavy atom. The Morgan fingerprint density at radius 3 is 2.29 bits per heavy atom. The van der Waals surface area contributed by atoms with Gasteiger partial charge in [-0.25, -0.2) is 15.0 Å². The molecule has 0 amide bonds. The molecule has 0 saturated carbocycles. The van der Waals surface area contributed by atoms with Crippen molar-refractivity contribution >= 4 is 29.1 Å². The Bertz CT molecular complexity index is 1750. The van der Waals surface area contributed by atoms with E-state index < -0.39 is 5.97 Å². The van der Waals surface area contributed by atoms with E-state index in [4.69, 9.17) is 24.5 Å². The second-order valence-corrected chi connectivity index (χ2v) is 11.6. The third-order valence-corrected chi connectivity index (χ3v) is 9.28. The van der Waals surface area contributed by atoms with E-state index >= 15 is 0 Å². The molecule has 5 aliphatic heterocycles. The fraction of sp³-hybridized carbons (Fsp3) is 0.361. The molecule has 2 N–H and O–H groups in total. The second-order valence-electron chi connectivity index (χ2n) is 11.6. The molecule has 5 heterocycles. The number of aliphatic hydroxyl groups is 1. The number of rotatable bonds is 7. The van der Waals surface area contributed by atoms with E-state index in [1.165, 1.54) is 14.2 Å². The predicted octanol–water partition coefficient (Wildman–Crippen LogP) is 6.59. The van der Waals surface area contributed by atoms with E-state index in [0.717, 1.165) is 74.8 Å². The van der Waals surface area contributed by atoms with E-state index in [-0.39, 0.29) is 30.6 Å². The number of methoxy groups -OCH3 is 2. The highest BCUT2D eigenvalue weighted by Gasteiger charge is 2.38. The van der Waals surface area contributed by atoms with Crippen molar-refractivity contribution in [3.8, 4) is 0 Å². The van der Waals surface area contributed by atoms with Crippen molar-refractivity contribution in [1.82, 2.24) is 5.32 Å². The van der Waals surface area contributed by atoms with E-state index in [2.05, 4.69) is 32.7 Å². The minimum Gasteiger partial charge on any atom is -0.515 e. The maximum Gasteiger partial charge on any atom is 0.310 e. The first-order valence-corrected chi connectivity index (χ1v) is 15.2. The lowest BCUT2D eigenvalue weighted by Crippen LogP contribution is -2.20. The summed E-state index contributed by atoms with van der Waals surface area (Å²) < 4.78 is 10.1. The topological polar surface area (TPSA) is 122 Å². The van der Waals surface area contributed by atoms with Crippen molar-refractivity contribution in [2.45, 2.75) is 60.3 Å². The van der Waals surface area contributed by atoms with Gasteiger partial charge in [0, 0.05) is 46.4 Å². The number of allylic oxidation sites excluding steroid dienone is 11. The molecular formula is C36H40N4O5. The molecule has 234 valence electrons. The first-order chi connectivity index (χ1) is 21.6. The third kappa shape index (κ3) is 5.63. The van der Waals surface area contributed by atoms with Crippen LogP contribution in [0, 0.1) is 11.8 Å². The number of carbonyl (C=O) groups excluding carboxylic acids is 2. The molecule has 1 saturated heterocycles. The molecule has 9 nitrogen and oxygen atoms in total. The molecule has 0 spiro atoms. The molecule has 0 aromatic heterocycles. The monoisotopic (exact) mass is 608 g/mol. The van der Waals surface area contributed by atoms with Crippen LogP contribution in [0.15, 0.2) is 120 Å². The van der Waals surface area contributed by atoms with Crippen LogP contribution in [0.1, 0.15) is 60.3 Å². The van der Waals surface area contributed by atoms with Crippen molar-refractivity contribution in [1.29, 1.82) is 0 Å². The number of aliphatic hydroxyl groups excluding tert-OH is 1. The van der Waals surface area contributed by atoms with Crippen LogP contribution in [0.3, 0.4) is 0 Å². The first kappa shape index (κ1) is 31.6. The average molecular weight is 609 g/mol. The van der Waals surface area contributed by atoms with Crippen molar-refractivity contribution < 1.29 is 24.2 Å². The molecular weight excluding hydrogens is 568 g/mol. The number of nitrogens with one attached hydrogen (secondary N) is 1. The summed E-state index contributed by atoms with van der Waals surface area (Å²) in [6.07, 6.45) is 10.2. The maximum absolute atomic E-state index is 12.9. The second kappa shape index (κ2) is 12.7. The summed E-state index contributed by atoms with van der Waals surface area (Å²) >= 11 is 0. The van der Waals surface area contributed by atoms with Crippen molar-refractivity contribution in [2.24, 2.45) is 26.8 Å². The zero-order chi connectivity index (χ0) is 32.6. The van der Waals surface area contributed by atoms with Crippen LogP contribution in [0.2, 0.25) is 0 Å². The van der Waals surface area contributed by atoms with Gasteiger partial charge in [-0.05, 0) is 74.1 Å². The normalized spacial score (nSPS) is 23.5. The summed E-state index contributed by atoms with van der Waals surface area (Å²) in [7, 11) is 2.72. The summed E-state index contributed by atoms with van der Waals surface area (Å²) in [6, 6.07) is 0. The summed E-state index contributed by atoms with van der Waals surface area (Å²) in [5.74, 6) is -1.02. The fourth-order valence-corrected chi connectivity index (χ4v) is 6.55. The van der Waals surface area contributed by atoms with Gasteiger partial charge in [-0.3, -0.25) is 9.59 Å². The zero-order valence-corrected chi connectivity index (χ0v) is 27.0. The van der Waals surface area contributed by atoms with E-state index in [0.29, 0.717) is 29.0 Å². The Labute approximate surface area is 264 Å². The van der Waals surface area contributed by atoms with Crippen molar-refractivity contribution in [3.05, 3.63) is 105 Å². The number of nitrogens with zero attached hydrogens (tertiary/aromatic N) is 3. The van der Waals surface area contributed by atoms with Gasteiger partial charge in [0.1, 0.15) is 0 Å². The molecule has 0 radical (unpaired) electrons. The van der Waals surface area contributed by atoms with E-state index in [1.807, 2.05) is 38.2 Å². The molecule has 5 aliphatic rings. The molecule has 2 unspecified atom stereocenters. The quantitative estimate of drug-likeness (QED) is 0.249. The SMILES string of the molecule is C=CC1=C(C)C2=NC1=CC1=NC(=CC3=C(C)/C(=C\O)C(=N3)C(CC(=O)OC)=C3NC(=C2)C(C)C3CCC(=O)OC)C(CC)=C1C. The highest BCUT2D eigenvalue weighted by Crippen LogP contribution is 2.43. The molecule has 5 rings (SSSR count). The summed E-state index contributed by atoms with van der Waals surface area (Å²) in [5, 5.41) is 14.1. The smallest absolute Gasteiger partial charge is 0.310 e. The summed E-state index contributed by atoms with van der Waals surface area (Å²) in [4.78, 5) is 40.3. The van der Waals surface area contributed by atoms with Gasteiger partial charge in [0.2, 0.25) is 0 Å². The zero-order valence-electron chi connectivity index (χ0n) is 27.0. The van der Waals surface area contributed by atoms with Gasteiger partial charge in [0.05, 0.1) is 61.1 Å². The van der Waals surface area contributed by atoms with Gasteiger partial charge < -0.3 is 19.9 Å². The molecule has 2 atom stereocenters. The van der Waals surface area contributed by atoms with Gasteiger partial charge in [0.15, 0.2) is 0 Å². The number of ether oxygens (including phenoxy) is 2. The number of carbonyl (C=O) groups is 2. The van der Waals surface area contributed by atoms with Crippen LogP contribution in [-0.4, -0.2) is 48.4 Å². The number of hydrogen-bond acceptors (Lipinski definition) is 9. The van der Waals surface area contributed by atoms with E-state index in [9.17, 15) is 14.7 Å². The molecule has 8 bridgehead atoms.